The van der Waals surface area contributed by atoms with E-state index in [9.17, 15) is 13.2 Å². The number of para-hydroxylation sites is 1. The molecule has 0 aliphatic heterocycles. The molecule has 3 aromatic carbocycles. The van der Waals surface area contributed by atoms with Crippen LogP contribution in [0, 0.1) is 6.92 Å². The molecule has 7 nitrogen and oxygen atoms in total. The number of aryl methyl sites for hydroxylation is 1. The minimum absolute atomic E-state index is 0.0135. The third-order valence-corrected chi connectivity index (χ3v) is 7.74. The summed E-state index contributed by atoms with van der Waals surface area (Å²) in [4.78, 5) is 14.0. The van der Waals surface area contributed by atoms with Crippen molar-refractivity contribution in [2.75, 3.05) is 36.1 Å². The zero-order valence-corrected chi connectivity index (χ0v) is 21.2. The molecular formula is C25H28N2O5S2. The van der Waals surface area contributed by atoms with Gasteiger partial charge in [-0.1, -0.05) is 36.8 Å². The van der Waals surface area contributed by atoms with Gasteiger partial charge in [0.1, 0.15) is 6.54 Å². The number of hydrogen-bond donors (Lipinski definition) is 1. The molecule has 0 heterocycles. The number of sulfonamides is 1. The molecular weight excluding hydrogens is 472 g/mol. The molecule has 3 aromatic rings. The van der Waals surface area contributed by atoms with Crippen LogP contribution >= 0.6 is 11.8 Å². The number of anilines is 2. The zero-order chi connectivity index (χ0) is 24.7. The van der Waals surface area contributed by atoms with E-state index in [0.717, 1.165) is 20.5 Å². The minimum atomic E-state index is -4.10. The highest BCUT2D eigenvalue weighted by Crippen LogP contribution is 2.32. The Balaban J connectivity index is 1.98. The molecule has 0 aliphatic rings. The number of thioether (sulfide) groups is 1. The van der Waals surface area contributed by atoms with Crippen molar-refractivity contribution in [3.63, 3.8) is 0 Å². The molecule has 1 N–H and O–H groups in total. The van der Waals surface area contributed by atoms with E-state index in [1.165, 1.54) is 32.4 Å². The fraction of sp³-hybridized carbons (Fsp3) is 0.240. The number of nitrogens with one attached hydrogen (secondary N) is 1. The summed E-state index contributed by atoms with van der Waals surface area (Å²) in [6, 6.07) is 18.8. The fourth-order valence-electron chi connectivity index (χ4n) is 3.30. The standard InChI is InChI=1S/C25H28N2O5S2/c1-5-33-24-9-7-6-8-21(24)26-25(28)17-27(19-12-10-18(2)11-13-19)34(29,30)20-14-15-22(31-3)23(16-20)32-4/h6-16H,5,17H2,1-4H3,(H,26,28). The molecule has 0 atom stereocenters. The molecule has 0 aliphatic carbocycles. The van der Waals surface area contributed by atoms with Crippen molar-refractivity contribution < 1.29 is 22.7 Å². The quantitative estimate of drug-likeness (QED) is 0.396. The van der Waals surface area contributed by atoms with E-state index in [-0.39, 0.29) is 10.6 Å². The number of carbonyl (C=O) groups excluding carboxylic acids is 1. The topological polar surface area (TPSA) is 84.9 Å². The van der Waals surface area contributed by atoms with Crippen LogP contribution in [0.15, 0.2) is 76.5 Å². The van der Waals surface area contributed by atoms with Crippen LogP contribution in [-0.2, 0) is 14.8 Å². The van der Waals surface area contributed by atoms with Crippen molar-refractivity contribution in [3.8, 4) is 11.5 Å². The first-order chi connectivity index (χ1) is 16.3. The monoisotopic (exact) mass is 500 g/mol. The highest BCUT2D eigenvalue weighted by molar-refractivity contribution is 7.99. The number of rotatable bonds is 10. The molecule has 0 radical (unpaired) electrons. The van der Waals surface area contributed by atoms with Gasteiger partial charge in [0.2, 0.25) is 5.91 Å². The lowest BCUT2D eigenvalue weighted by molar-refractivity contribution is -0.114. The second-order valence-electron chi connectivity index (χ2n) is 7.34. The van der Waals surface area contributed by atoms with Crippen LogP contribution in [0.2, 0.25) is 0 Å². The zero-order valence-electron chi connectivity index (χ0n) is 19.6. The van der Waals surface area contributed by atoms with Crippen LogP contribution < -0.4 is 19.1 Å². The summed E-state index contributed by atoms with van der Waals surface area (Å²) in [7, 11) is -1.19. The summed E-state index contributed by atoms with van der Waals surface area (Å²) in [6.07, 6.45) is 0. The fourth-order valence-corrected chi connectivity index (χ4v) is 5.50. The molecule has 3 rings (SSSR count). The number of carbonyl (C=O) groups is 1. The van der Waals surface area contributed by atoms with Gasteiger partial charge in [-0.05, 0) is 49.1 Å². The van der Waals surface area contributed by atoms with Crippen LogP contribution in [0.3, 0.4) is 0 Å². The van der Waals surface area contributed by atoms with Crippen LogP contribution in [0.1, 0.15) is 12.5 Å². The van der Waals surface area contributed by atoms with Gasteiger partial charge in [0.05, 0.1) is 30.5 Å². The van der Waals surface area contributed by atoms with Crippen molar-refractivity contribution in [1.29, 1.82) is 0 Å². The lowest BCUT2D eigenvalue weighted by Gasteiger charge is -2.25. The Morgan fingerprint density at radius 2 is 1.65 bits per heavy atom. The maximum atomic E-state index is 13.7. The highest BCUT2D eigenvalue weighted by atomic mass is 32.2. The van der Waals surface area contributed by atoms with Gasteiger partial charge in [-0.15, -0.1) is 11.8 Å². The van der Waals surface area contributed by atoms with Gasteiger partial charge in [0.25, 0.3) is 10.0 Å². The Morgan fingerprint density at radius 3 is 2.29 bits per heavy atom. The normalized spacial score (nSPS) is 11.1. The molecule has 0 saturated heterocycles. The smallest absolute Gasteiger partial charge is 0.264 e. The van der Waals surface area contributed by atoms with Gasteiger partial charge in [-0.2, -0.15) is 0 Å². The second-order valence-corrected chi connectivity index (χ2v) is 10.5. The van der Waals surface area contributed by atoms with Crippen molar-refractivity contribution in [2.45, 2.75) is 23.6 Å². The molecule has 1 amide bonds. The van der Waals surface area contributed by atoms with Crippen LogP contribution in [0.5, 0.6) is 11.5 Å². The number of nitrogens with zero attached hydrogens (tertiary/aromatic N) is 1. The number of benzene rings is 3. The summed E-state index contributed by atoms with van der Waals surface area (Å²) in [5.41, 5.74) is 2.00. The number of hydrogen-bond acceptors (Lipinski definition) is 6. The molecule has 0 saturated carbocycles. The van der Waals surface area contributed by atoms with Gasteiger partial charge < -0.3 is 14.8 Å². The molecule has 9 heteroatoms. The lowest BCUT2D eigenvalue weighted by atomic mass is 10.2. The van der Waals surface area contributed by atoms with Crippen LogP contribution in [0.4, 0.5) is 11.4 Å². The average Bonchev–Trinajstić information content (AvgIpc) is 2.84. The van der Waals surface area contributed by atoms with E-state index >= 15 is 0 Å². The van der Waals surface area contributed by atoms with Gasteiger partial charge in [0.15, 0.2) is 11.5 Å². The maximum absolute atomic E-state index is 13.7. The first-order valence-corrected chi connectivity index (χ1v) is 13.1. The Labute approximate surface area is 205 Å². The van der Waals surface area contributed by atoms with Crippen molar-refractivity contribution in [2.24, 2.45) is 0 Å². The van der Waals surface area contributed by atoms with Gasteiger partial charge in [-0.3, -0.25) is 9.10 Å². The van der Waals surface area contributed by atoms with E-state index in [0.29, 0.717) is 17.1 Å². The minimum Gasteiger partial charge on any atom is -0.493 e. The Morgan fingerprint density at radius 1 is 0.971 bits per heavy atom. The molecule has 34 heavy (non-hydrogen) atoms. The Hall–Kier alpha value is -3.17. The molecule has 0 unspecified atom stereocenters. The predicted octanol–water partition coefficient (Wildman–Crippen LogP) is 4.96. The number of amides is 1. The average molecular weight is 501 g/mol. The van der Waals surface area contributed by atoms with E-state index in [4.69, 9.17) is 9.47 Å². The number of ether oxygens (including phenoxy) is 2. The first kappa shape index (κ1) is 25.5. The van der Waals surface area contributed by atoms with E-state index < -0.39 is 22.5 Å². The highest BCUT2D eigenvalue weighted by Gasteiger charge is 2.28. The van der Waals surface area contributed by atoms with Crippen molar-refractivity contribution >= 4 is 39.1 Å². The largest absolute Gasteiger partial charge is 0.493 e. The first-order valence-electron chi connectivity index (χ1n) is 10.6. The number of methoxy groups -OCH3 is 2. The second kappa shape index (κ2) is 11.3. The SMILES string of the molecule is CCSc1ccccc1NC(=O)CN(c1ccc(C)cc1)S(=O)(=O)c1ccc(OC)c(OC)c1. The van der Waals surface area contributed by atoms with E-state index in [2.05, 4.69) is 5.32 Å². The molecule has 0 aromatic heterocycles. The van der Waals surface area contributed by atoms with Crippen LogP contribution in [0.25, 0.3) is 0 Å². The van der Waals surface area contributed by atoms with Gasteiger partial charge >= 0.3 is 0 Å². The third-order valence-electron chi connectivity index (χ3n) is 5.01. The summed E-state index contributed by atoms with van der Waals surface area (Å²) >= 11 is 1.60. The van der Waals surface area contributed by atoms with Crippen molar-refractivity contribution in [3.05, 3.63) is 72.3 Å². The predicted molar refractivity (Wildman–Crippen MR) is 137 cm³/mol. The molecule has 0 bridgehead atoms. The Bertz CT molecular complexity index is 1240. The van der Waals surface area contributed by atoms with Crippen LogP contribution in [-0.4, -0.2) is 40.8 Å². The van der Waals surface area contributed by atoms with E-state index in [1.807, 2.05) is 32.0 Å². The summed E-state index contributed by atoms with van der Waals surface area (Å²) in [5, 5.41) is 2.86. The lowest BCUT2D eigenvalue weighted by Crippen LogP contribution is -2.38. The summed E-state index contributed by atoms with van der Waals surface area (Å²) < 4.78 is 39.0. The maximum Gasteiger partial charge on any atom is 0.264 e. The van der Waals surface area contributed by atoms with Gasteiger partial charge in [-0.25, -0.2) is 8.42 Å². The molecule has 180 valence electrons. The molecule has 0 spiro atoms. The van der Waals surface area contributed by atoms with Gasteiger partial charge in [0, 0.05) is 11.0 Å². The third kappa shape index (κ3) is 5.84. The summed E-state index contributed by atoms with van der Waals surface area (Å²) in [6.45, 7) is 3.54. The summed E-state index contributed by atoms with van der Waals surface area (Å²) in [5.74, 6) is 1.08. The Kier molecular flexibility index (Phi) is 8.46. The van der Waals surface area contributed by atoms with Crippen molar-refractivity contribution in [1.82, 2.24) is 0 Å². The molecule has 0 fully saturated rings. The van der Waals surface area contributed by atoms with E-state index in [1.54, 1.807) is 42.1 Å².